The Labute approximate surface area is 74.9 Å². The third kappa shape index (κ3) is 7.42. The fraction of sp³-hybridized carbons (Fsp3) is 0.857. The van der Waals surface area contributed by atoms with E-state index in [9.17, 15) is 18.0 Å². The largest absolute Gasteiger partial charge is 0.389 e. The molecular weight excluding hydrogens is 185 g/mol. The summed E-state index contributed by atoms with van der Waals surface area (Å²) >= 11 is 0. The number of amides is 2. The van der Waals surface area contributed by atoms with Crippen LogP contribution in [0.15, 0.2) is 0 Å². The molecular formula is C7H13F3N2O. The first-order valence-electron chi connectivity index (χ1n) is 3.85. The summed E-state index contributed by atoms with van der Waals surface area (Å²) in [7, 11) is 3.05. The van der Waals surface area contributed by atoms with Gasteiger partial charge in [0.1, 0.15) is 0 Å². The quantitative estimate of drug-likeness (QED) is 0.686. The normalized spacial score (nSPS) is 11.2. The summed E-state index contributed by atoms with van der Waals surface area (Å²) in [4.78, 5) is 12.1. The maximum atomic E-state index is 11.6. The third-order valence-electron chi connectivity index (χ3n) is 1.32. The molecule has 0 saturated carbocycles. The number of rotatable bonds is 3. The van der Waals surface area contributed by atoms with Gasteiger partial charge in [-0.3, -0.25) is 0 Å². The molecule has 0 aromatic carbocycles. The standard InChI is InChI=1S/C7H13F3N2O/c1-12(2)6(13)11-5-3-4-7(8,9)10/h3-5H2,1-2H3,(H,11,13). The maximum Gasteiger partial charge on any atom is 0.389 e. The van der Waals surface area contributed by atoms with Crippen LogP contribution in [-0.2, 0) is 0 Å². The Kier molecular flexibility index (Phi) is 4.58. The van der Waals surface area contributed by atoms with E-state index in [0.717, 1.165) is 0 Å². The molecule has 78 valence electrons. The lowest BCUT2D eigenvalue weighted by atomic mass is 10.3. The molecule has 0 aliphatic carbocycles. The zero-order chi connectivity index (χ0) is 10.5. The van der Waals surface area contributed by atoms with Gasteiger partial charge in [-0.25, -0.2) is 4.79 Å². The fourth-order valence-corrected chi connectivity index (χ4v) is 0.642. The molecule has 0 spiro atoms. The van der Waals surface area contributed by atoms with Gasteiger partial charge in [0.2, 0.25) is 0 Å². The Bertz CT molecular complexity index is 168. The van der Waals surface area contributed by atoms with Gasteiger partial charge >= 0.3 is 12.2 Å². The first kappa shape index (κ1) is 12.1. The molecule has 0 saturated heterocycles. The molecule has 0 fully saturated rings. The lowest BCUT2D eigenvalue weighted by Gasteiger charge is -2.12. The van der Waals surface area contributed by atoms with E-state index in [1.807, 2.05) is 0 Å². The van der Waals surface area contributed by atoms with Crippen molar-refractivity contribution >= 4 is 6.03 Å². The molecule has 0 aliphatic rings. The summed E-state index contributed by atoms with van der Waals surface area (Å²) in [6.07, 6.45) is -5.08. The summed E-state index contributed by atoms with van der Waals surface area (Å²) < 4.78 is 34.8. The van der Waals surface area contributed by atoms with Gasteiger partial charge in [0, 0.05) is 27.1 Å². The average Bonchev–Trinajstić information content (AvgIpc) is 1.95. The minimum atomic E-state index is -4.14. The Balaban J connectivity index is 3.42. The number of nitrogens with zero attached hydrogens (tertiary/aromatic N) is 1. The van der Waals surface area contributed by atoms with Crippen LogP contribution in [-0.4, -0.2) is 37.7 Å². The van der Waals surface area contributed by atoms with Gasteiger partial charge in [0.25, 0.3) is 0 Å². The lowest BCUT2D eigenvalue weighted by Crippen LogP contribution is -2.35. The van der Waals surface area contributed by atoms with Crippen LogP contribution in [0.2, 0.25) is 0 Å². The van der Waals surface area contributed by atoms with E-state index in [1.54, 1.807) is 0 Å². The van der Waals surface area contributed by atoms with E-state index in [0.29, 0.717) is 0 Å². The van der Waals surface area contributed by atoms with Crippen molar-refractivity contribution in [1.82, 2.24) is 10.2 Å². The Hall–Kier alpha value is -0.940. The number of nitrogens with one attached hydrogen (secondary N) is 1. The predicted octanol–water partition coefficient (Wildman–Crippen LogP) is 1.60. The van der Waals surface area contributed by atoms with E-state index in [2.05, 4.69) is 5.32 Å². The van der Waals surface area contributed by atoms with E-state index < -0.39 is 12.6 Å². The van der Waals surface area contributed by atoms with Crippen LogP contribution >= 0.6 is 0 Å². The maximum absolute atomic E-state index is 11.6. The first-order chi connectivity index (χ1) is 5.83. The van der Waals surface area contributed by atoms with Crippen molar-refractivity contribution < 1.29 is 18.0 Å². The summed E-state index contributed by atoms with van der Waals surface area (Å²) in [6.45, 7) is 0.0521. The molecule has 0 aromatic heterocycles. The third-order valence-corrected chi connectivity index (χ3v) is 1.32. The number of carbonyl (C=O) groups excluding carboxylic acids is 1. The zero-order valence-corrected chi connectivity index (χ0v) is 7.61. The van der Waals surface area contributed by atoms with Gasteiger partial charge in [-0.15, -0.1) is 0 Å². The molecule has 0 aromatic rings. The molecule has 6 heteroatoms. The summed E-state index contributed by atoms with van der Waals surface area (Å²) in [5.41, 5.74) is 0. The highest BCUT2D eigenvalue weighted by molar-refractivity contribution is 5.73. The monoisotopic (exact) mass is 198 g/mol. The van der Waals surface area contributed by atoms with Gasteiger partial charge < -0.3 is 10.2 Å². The highest BCUT2D eigenvalue weighted by Gasteiger charge is 2.25. The van der Waals surface area contributed by atoms with Gasteiger partial charge in [-0.1, -0.05) is 0 Å². The van der Waals surface area contributed by atoms with Crippen molar-refractivity contribution in [3.05, 3.63) is 0 Å². The smallest absolute Gasteiger partial charge is 0.338 e. The molecule has 0 bridgehead atoms. The summed E-state index contributed by atoms with van der Waals surface area (Å²) in [5, 5.41) is 2.34. The van der Waals surface area contributed by atoms with Crippen molar-refractivity contribution in [2.24, 2.45) is 0 Å². The average molecular weight is 198 g/mol. The van der Waals surface area contributed by atoms with Crippen LogP contribution in [0.25, 0.3) is 0 Å². The summed E-state index contributed by atoms with van der Waals surface area (Å²) in [6, 6.07) is -0.373. The van der Waals surface area contributed by atoms with E-state index >= 15 is 0 Å². The molecule has 2 amide bonds. The minimum absolute atomic E-state index is 0.0521. The second-order valence-electron chi connectivity index (χ2n) is 2.85. The van der Waals surface area contributed by atoms with Gasteiger partial charge in [0.05, 0.1) is 0 Å². The van der Waals surface area contributed by atoms with Crippen molar-refractivity contribution in [3.63, 3.8) is 0 Å². The molecule has 0 heterocycles. The SMILES string of the molecule is CN(C)C(=O)NCCCC(F)(F)F. The lowest BCUT2D eigenvalue weighted by molar-refractivity contribution is -0.135. The number of hydrogen-bond donors (Lipinski definition) is 1. The van der Waals surface area contributed by atoms with Crippen molar-refractivity contribution in [1.29, 1.82) is 0 Å². The van der Waals surface area contributed by atoms with Crippen LogP contribution in [0.3, 0.4) is 0 Å². The molecule has 3 nitrogen and oxygen atoms in total. The van der Waals surface area contributed by atoms with Gasteiger partial charge in [0.15, 0.2) is 0 Å². The molecule has 0 rings (SSSR count). The molecule has 0 unspecified atom stereocenters. The Morgan fingerprint density at radius 1 is 1.38 bits per heavy atom. The van der Waals surface area contributed by atoms with E-state index in [1.165, 1.54) is 19.0 Å². The molecule has 0 radical (unpaired) electrons. The van der Waals surface area contributed by atoms with Gasteiger partial charge in [-0.2, -0.15) is 13.2 Å². The molecule has 13 heavy (non-hydrogen) atoms. The Morgan fingerprint density at radius 2 is 1.92 bits per heavy atom. The Morgan fingerprint density at radius 3 is 2.31 bits per heavy atom. The van der Waals surface area contributed by atoms with Crippen LogP contribution < -0.4 is 5.32 Å². The number of urea groups is 1. The summed E-state index contributed by atoms with van der Waals surface area (Å²) in [5.74, 6) is 0. The van der Waals surface area contributed by atoms with E-state index in [-0.39, 0.29) is 19.0 Å². The van der Waals surface area contributed by atoms with Crippen LogP contribution in [0, 0.1) is 0 Å². The topological polar surface area (TPSA) is 32.3 Å². The van der Waals surface area contributed by atoms with Crippen molar-refractivity contribution in [3.8, 4) is 0 Å². The van der Waals surface area contributed by atoms with Crippen LogP contribution in [0.1, 0.15) is 12.8 Å². The molecule has 0 atom stereocenters. The predicted molar refractivity (Wildman–Crippen MR) is 42.4 cm³/mol. The highest BCUT2D eigenvalue weighted by Crippen LogP contribution is 2.20. The molecule has 1 N–H and O–H groups in total. The minimum Gasteiger partial charge on any atom is -0.338 e. The second kappa shape index (κ2) is 4.94. The van der Waals surface area contributed by atoms with Crippen LogP contribution in [0.4, 0.5) is 18.0 Å². The number of halogens is 3. The second-order valence-corrected chi connectivity index (χ2v) is 2.85. The van der Waals surface area contributed by atoms with Crippen molar-refractivity contribution in [2.75, 3.05) is 20.6 Å². The number of carbonyl (C=O) groups is 1. The number of hydrogen-bond acceptors (Lipinski definition) is 1. The van der Waals surface area contributed by atoms with E-state index in [4.69, 9.17) is 0 Å². The van der Waals surface area contributed by atoms with Gasteiger partial charge in [-0.05, 0) is 6.42 Å². The first-order valence-corrected chi connectivity index (χ1v) is 3.85. The van der Waals surface area contributed by atoms with Crippen LogP contribution in [0.5, 0.6) is 0 Å². The highest BCUT2D eigenvalue weighted by atomic mass is 19.4. The molecule has 0 aliphatic heterocycles. The van der Waals surface area contributed by atoms with Crippen molar-refractivity contribution in [2.45, 2.75) is 19.0 Å². The fourth-order valence-electron chi connectivity index (χ4n) is 0.642. The zero-order valence-electron chi connectivity index (χ0n) is 7.61. The number of alkyl halides is 3.